The molecule has 1 N–H and O–H groups in total. The Balaban J connectivity index is 2.34. The first kappa shape index (κ1) is 14.9. The van der Waals surface area contributed by atoms with Crippen molar-refractivity contribution in [3.63, 3.8) is 0 Å². The largest absolute Gasteiger partial charge is 0.480 e. The van der Waals surface area contributed by atoms with Crippen LogP contribution in [0.15, 0.2) is 16.6 Å². The van der Waals surface area contributed by atoms with Gasteiger partial charge in [-0.2, -0.15) is 0 Å². The number of aliphatic carboxylic acids is 1. The highest BCUT2D eigenvalue weighted by molar-refractivity contribution is 9.10. The molecular formula is C13H12BrF2NO3. The number of likely N-dealkylation sites (tertiary alicyclic amines) is 1. The number of carboxylic acids is 1. The minimum atomic E-state index is -1.14. The molecule has 1 aromatic carbocycles. The Labute approximate surface area is 122 Å². The molecule has 2 rings (SSSR count). The summed E-state index contributed by atoms with van der Waals surface area (Å²) in [6, 6.07) is 0.730. The molecule has 1 atom stereocenters. The van der Waals surface area contributed by atoms with E-state index in [1.807, 2.05) is 0 Å². The smallest absolute Gasteiger partial charge is 0.326 e. The second-order valence-corrected chi connectivity index (χ2v) is 5.45. The summed E-state index contributed by atoms with van der Waals surface area (Å²) >= 11 is 3.00. The highest BCUT2D eigenvalue weighted by Crippen LogP contribution is 2.25. The van der Waals surface area contributed by atoms with Crippen molar-refractivity contribution in [3.05, 3.63) is 33.8 Å². The number of piperidine rings is 1. The van der Waals surface area contributed by atoms with Gasteiger partial charge in [-0.25, -0.2) is 13.6 Å². The first-order chi connectivity index (χ1) is 9.41. The molecule has 1 amide bonds. The SMILES string of the molecule is O=C(O)C1CCCCN1C(=O)c1cc(F)c(F)cc1Br. The van der Waals surface area contributed by atoms with Crippen molar-refractivity contribution >= 4 is 27.8 Å². The molecule has 7 heteroatoms. The van der Waals surface area contributed by atoms with Crippen molar-refractivity contribution in [3.8, 4) is 0 Å². The molecule has 0 aromatic heterocycles. The zero-order valence-corrected chi connectivity index (χ0v) is 12.0. The number of carbonyl (C=O) groups excluding carboxylic acids is 1. The van der Waals surface area contributed by atoms with E-state index in [1.165, 1.54) is 4.90 Å². The van der Waals surface area contributed by atoms with Crippen LogP contribution in [0.2, 0.25) is 0 Å². The van der Waals surface area contributed by atoms with E-state index in [-0.39, 0.29) is 10.0 Å². The monoisotopic (exact) mass is 347 g/mol. The maximum atomic E-state index is 13.3. The second-order valence-electron chi connectivity index (χ2n) is 4.59. The number of nitrogens with zero attached hydrogens (tertiary/aromatic N) is 1. The Bertz CT molecular complexity index is 565. The molecule has 4 nitrogen and oxygen atoms in total. The molecular weight excluding hydrogens is 336 g/mol. The van der Waals surface area contributed by atoms with Crippen molar-refractivity contribution in [1.82, 2.24) is 4.90 Å². The quantitative estimate of drug-likeness (QED) is 0.837. The fourth-order valence-electron chi connectivity index (χ4n) is 2.27. The molecule has 1 fully saturated rings. The van der Waals surface area contributed by atoms with Gasteiger partial charge in [0, 0.05) is 11.0 Å². The number of hydrogen-bond donors (Lipinski definition) is 1. The summed E-state index contributed by atoms with van der Waals surface area (Å²) in [5.41, 5.74) is -0.0722. The highest BCUT2D eigenvalue weighted by atomic mass is 79.9. The average molecular weight is 348 g/mol. The van der Waals surface area contributed by atoms with Crippen LogP contribution < -0.4 is 0 Å². The normalized spacial score (nSPS) is 18.9. The highest BCUT2D eigenvalue weighted by Gasteiger charge is 2.33. The number of amides is 1. The lowest BCUT2D eigenvalue weighted by molar-refractivity contribution is -0.143. The third-order valence-corrected chi connectivity index (χ3v) is 3.95. The molecule has 0 bridgehead atoms. The third-order valence-electron chi connectivity index (χ3n) is 3.29. The van der Waals surface area contributed by atoms with Crippen LogP contribution >= 0.6 is 15.9 Å². The lowest BCUT2D eigenvalue weighted by Crippen LogP contribution is -2.48. The summed E-state index contributed by atoms with van der Waals surface area (Å²) in [5, 5.41) is 9.13. The molecule has 1 heterocycles. The van der Waals surface area contributed by atoms with Crippen molar-refractivity contribution in [1.29, 1.82) is 0 Å². The fraction of sp³-hybridized carbons (Fsp3) is 0.385. The molecule has 20 heavy (non-hydrogen) atoms. The van der Waals surface area contributed by atoms with Crippen molar-refractivity contribution in [2.24, 2.45) is 0 Å². The Morgan fingerprint density at radius 1 is 1.25 bits per heavy atom. The zero-order valence-electron chi connectivity index (χ0n) is 10.4. The van der Waals surface area contributed by atoms with Gasteiger partial charge >= 0.3 is 5.97 Å². The predicted octanol–water partition coefficient (Wildman–Crippen LogP) is 2.81. The topological polar surface area (TPSA) is 57.6 Å². The fourth-order valence-corrected chi connectivity index (χ4v) is 2.76. The van der Waals surface area contributed by atoms with E-state index < -0.39 is 29.6 Å². The van der Waals surface area contributed by atoms with Gasteiger partial charge in [-0.05, 0) is 47.3 Å². The van der Waals surface area contributed by atoms with Gasteiger partial charge in [0.1, 0.15) is 6.04 Å². The molecule has 108 valence electrons. The van der Waals surface area contributed by atoms with Gasteiger partial charge in [-0.3, -0.25) is 4.79 Å². The van der Waals surface area contributed by atoms with Gasteiger partial charge in [0.15, 0.2) is 11.6 Å². The van der Waals surface area contributed by atoms with Gasteiger partial charge in [0.05, 0.1) is 5.56 Å². The average Bonchev–Trinajstić information content (AvgIpc) is 2.42. The van der Waals surface area contributed by atoms with E-state index in [9.17, 15) is 18.4 Å². The summed E-state index contributed by atoms with van der Waals surface area (Å²) in [6.07, 6.45) is 1.78. The molecule has 0 spiro atoms. The number of halogens is 3. The van der Waals surface area contributed by atoms with Gasteiger partial charge < -0.3 is 10.0 Å². The van der Waals surface area contributed by atoms with Crippen LogP contribution in [-0.2, 0) is 4.79 Å². The Morgan fingerprint density at radius 3 is 2.55 bits per heavy atom. The number of carboxylic acid groups (broad SMARTS) is 1. The molecule has 0 aliphatic carbocycles. The number of hydrogen-bond acceptors (Lipinski definition) is 2. The molecule has 1 aliphatic rings. The van der Waals surface area contributed by atoms with Crippen LogP contribution in [0.4, 0.5) is 8.78 Å². The van der Waals surface area contributed by atoms with E-state index in [4.69, 9.17) is 5.11 Å². The van der Waals surface area contributed by atoms with E-state index in [1.54, 1.807) is 0 Å². The summed E-state index contributed by atoms with van der Waals surface area (Å²) in [5.74, 6) is -3.90. The third kappa shape index (κ3) is 2.82. The minimum absolute atomic E-state index is 0.0722. The van der Waals surface area contributed by atoms with Gasteiger partial charge in [-0.1, -0.05) is 0 Å². The zero-order chi connectivity index (χ0) is 14.9. The predicted molar refractivity (Wildman–Crippen MR) is 70.4 cm³/mol. The molecule has 1 saturated heterocycles. The minimum Gasteiger partial charge on any atom is -0.480 e. The Kier molecular flexibility index (Phi) is 4.37. The maximum absolute atomic E-state index is 13.3. The van der Waals surface area contributed by atoms with E-state index in [0.29, 0.717) is 19.4 Å². The summed E-state index contributed by atoms with van der Waals surface area (Å²) in [6.45, 7) is 0.293. The first-order valence-corrected chi connectivity index (χ1v) is 6.89. The molecule has 1 aliphatic heterocycles. The van der Waals surface area contributed by atoms with E-state index >= 15 is 0 Å². The van der Waals surface area contributed by atoms with Crippen molar-refractivity contribution < 1.29 is 23.5 Å². The van der Waals surface area contributed by atoms with Crippen LogP contribution in [0, 0.1) is 11.6 Å². The van der Waals surface area contributed by atoms with Gasteiger partial charge in [-0.15, -0.1) is 0 Å². The lowest BCUT2D eigenvalue weighted by atomic mass is 10.0. The lowest BCUT2D eigenvalue weighted by Gasteiger charge is -2.33. The number of carbonyl (C=O) groups is 2. The standard InChI is InChI=1S/C13H12BrF2NO3/c14-8-6-10(16)9(15)5-7(8)12(18)17-4-2-1-3-11(17)13(19)20/h5-6,11H,1-4H2,(H,19,20). The maximum Gasteiger partial charge on any atom is 0.326 e. The van der Waals surface area contributed by atoms with E-state index in [0.717, 1.165) is 18.6 Å². The van der Waals surface area contributed by atoms with Crippen LogP contribution in [0.25, 0.3) is 0 Å². The van der Waals surface area contributed by atoms with Crippen LogP contribution in [-0.4, -0.2) is 34.5 Å². The van der Waals surface area contributed by atoms with E-state index in [2.05, 4.69) is 15.9 Å². The molecule has 1 aromatic rings. The summed E-state index contributed by atoms with van der Waals surface area (Å²) in [7, 11) is 0. The first-order valence-electron chi connectivity index (χ1n) is 6.10. The number of rotatable bonds is 2. The summed E-state index contributed by atoms with van der Waals surface area (Å²) in [4.78, 5) is 24.7. The van der Waals surface area contributed by atoms with Crippen LogP contribution in [0.5, 0.6) is 0 Å². The Morgan fingerprint density at radius 2 is 1.90 bits per heavy atom. The van der Waals surface area contributed by atoms with Gasteiger partial charge in [0.25, 0.3) is 5.91 Å². The van der Waals surface area contributed by atoms with Crippen LogP contribution in [0.1, 0.15) is 29.6 Å². The van der Waals surface area contributed by atoms with Crippen molar-refractivity contribution in [2.45, 2.75) is 25.3 Å². The number of benzene rings is 1. The van der Waals surface area contributed by atoms with Crippen molar-refractivity contribution in [2.75, 3.05) is 6.54 Å². The Hall–Kier alpha value is -1.50. The second kappa shape index (κ2) is 5.87. The summed E-state index contributed by atoms with van der Waals surface area (Å²) < 4.78 is 26.4. The van der Waals surface area contributed by atoms with Gasteiger partial charge in [0.2, 0.25) is 0 Å². The van der Waals surface area contributed by atoms with Crippen LogP contribution in [0.3, 0.4) is 0 Å². The molecule has 1 unspecified atom stereocenters. The molecule has 0 saturated carbocycles. The molecule has 0 radical (unpaired) electrons.